The van der Waals surface area contributed by atoms with Gasteiger partial charge in [-0.15, -0.1) is 0 Å². The summed E-state index contributed by atoms with van der Waals surface area (Å²) >= 11 is 0. The van der Waals surface area contributed by atoms with Gasteiger partial charge in [0.15, 0.2) is 0 Å². The summed E-state index contributed by atoms with van der Waals surface area (Å²) in [4.78, 5) is 18.7. The van der Waals surface area contributed by atoms with Crippen molar-refractivity contribution < 1.29 is 14.3 Å². The minimum atomic E-state index is -1.87. The quantitative estimate of drug-likeness (QED) is 0.429. The van der Waals surface area contributed by atoms with Crippen molar-refractivity contribution in [3.8, 4) is 0 Å². The van der Waals surface area contributed by atoms with Gasteiger partial charge in [-0.1, -0.05) is 47.4 Å². The number of quaternary nitrogens is 1. The molecule has 100 valence electrons. The average molecular weight is 251 g/mol. The summed E-state index contributed by atoms with van der Waals surface area (Å²) in [6.07, 6.45) is 7.56. The van der Waals surface area contributed by atoms with Gasteiger partial charge in [0.1, 0.15) is 0 Å². The van der Waals surface area contributed by atoms with E-state index < -0.39 is 8.38 Å². The number of unbranched alkanes of at least 4 members (excludes halogenated alkanes) is 5. The van der Waals surface area contributed by atoms with Crippen molar-refractivity contribution in [2.24, 2.45) is 0 Å². The molecule has 3 nitrogen and oxygen atoms in total. The smallest absolute Gasteiger partial charge is 0.0675 e. The van der Waals surface area contributed by atoms with E-state index in [9.17, 15) is 4.89 Å². The second kappa shape index (κ2) is 11.8. The molecule has 0 aromatic heterocycles. The van der Waals surface area contributed by atoms with Crippen molar-refractivity contribution in [3.05, 3.63) is 0 Å². The third-order valence-electron chi connectivity index (χ3n) is 1.70. The van der Waals surface area contributed by atoms with Crippen LogP contribution < -0.4 is 4.89 Å². The van der Waals surface area contributed by atoms with Crippen molar-refractivity contribution in [2.45, 2.75) is 45.4 Å². The number of hydrogen-bond acceptors (Lipinski definition) is 2. The Hall–Kier alpha value is 0.310. The predicted molar refractivity (Wildman–Crippen MR) is 71.3 cm³/mol. The SMILES string of the molecule is CCCCCCCCP([O-])O.C[N+](C)(C)C. The Morgan fingerprint density at radius 2 is 1.31 bits per heavy atom. The van der Waals surface area contributed by atoms with Crippen LogP contribution in [-0.4, -0.2) is 43.7 Å². The highest BCUT2D eigenvalue weighted by Gasteiger charge is 1.90. The summed E-state index contributed by atoms with van der Waals surface area (Å²) < 4.78 is 1.00. The van der Waals surface area contributed by atoms with Crippen molar-refractivity contribution >= 4 is 8.38 Å². The lowest BCUT2D eigenvalue weighted by atomic mass is 10.1. The minimum Gasteiger partial charge on any atom is -0.808 e. The van der Waals surface area contributed by atoms with Gasteiger partial charge in [-0.25, -0.2) is 0 Å². The van der Waals surface area contributed by atoms with Gasteiger partial charge in [0.2, 0.25) is 0 Å². The molecule has 1 unspecified atom stereocenters. The fraction of sp³-hybridized carbons (Fsp3) is 1.00. The summed E-state index contributed by atoms with van der Waals surface area (Å²) in [5.74, 6) is 0. The molecule has 0 aliphatic rings. The van der Waals surface area contributed by atoms with Crippen molar-refractivity contribution in [1.82, 2.24) is 0 Å². The van der Waals surface area contributed by atoms with Gasteiger partial charge in [0.25, 0.3) is 0 Å². The third kappa shape index (κ3) is 36.7. The maximum Gasteiger partial charge on any atom is 0.0675 e. The normalized spacial score (nSPS) is 12.9. The Morgan fingerprint density at radius 3 is 1.69 bits per heavy atom. The molecule has 1 atom stereocenters. The van der Waals surface area contributed by atoms with Gasteiger partial charge in [-0.2, -0.15) is 0 Å². The minimum absolute atomic E-state index is 0.488. The first-order valence-electron chi connectivity index (χ1n) is 6.19. The fourth-order valence-corrected chi connectivity index (χ4v) is 1.52. The highest BCUT2D eigenvalue weighted by atomic mass is 31.2. The van der Waals surface area contributed by atoms with Crippen LogP contribution in [0.15, 0.2) is 0 Å². The molecule has 1 N–H and O–H groups in total. The van der Waals surface area contributed by atoms with Gasteiger partial charge < -0.3 is 14.3 Å². The first-order chi connectivity index (χ1) is 7.27. The second-order valence-corrected chi connectivity index (χ2v) is 6.68. The standard InChI is InChI=1S/C8H18O2P.C4H12N/c1-2-3-4-5-6-7-8-11(9)10;1-5(2,3)4/h9H,2-8H2,1H3;1-4H3/q-1;+1. The van der Waals surface area contributed by atoms with E-state index in [1.54, 1.807) is 0 Å². The summed E-state index contributed by atoms with van der Waals surface area (Å²) in [5.41, 5.74) is 0. The van der Waals surface area contributed by atoms with Crippen LogP contribution in [0.3, 0.4) is 0 Å². The summed E-state index contributed by atoms with van der Waals surface area (Å²) in [5, 5.41) is 0. The van der Waals surface area contributed by atoms with Crippen LogP contribution >= 0.6 is 8.38 Å². The van der Waals surface area contributed by atoms with Gasteiger partial charge in [-0.3, -0.25) is 0 Å². The van der Waals surface area contributed by atoms with E-state index in [2.05, 4.69) is 35.1 Å². The molecule has 0 amide bonds. The summed E-state index contributed by atoms with van der Waals surface area (Å²) in [6, 6.07) is 0. The van der Waals surface area contributed by atoms with E-state index in [4.69, 9.17) is 4.89 Å². The lowest BCUT2D eigenvalue weighted by Gasteiger charge is -2.14. The first kappa shape index (κ1) is 18.7. The first-order valence-corrected chi connectivity index (χ1v) is 7.59. The molecule has 0 aromatic rings. The highest BCUT2D eigenvalue weighted by molar-refractivity contribution is 7.43. The van der Waals surface area contributed by atoms with Gasteiger partial charge in [0.05, 0.1) is 28.2 Å². The van der Waals surface area contributed by atoms with E-state index in [1.165, 1.54) is 25.7 Å². The Morgan fingerprint density at radius 1 is 0.938 bits per heavy atom. The molecule has 0 heterocycles. The highest BCUT2D eigenvalue weighted by Crippen LogP contribution is 2.19. The van der Waals surface area contributed by atoms with Crippen molar-refractivity contribution in [3.63, 3.8) is 0 Å². The van der Waals surface area contributed by atoms with Crippen LogP contribution in [0.25, 0.3) is 0 Å². The summed E-state index contributed by atoms with van der Waals surface area (Å²) in [6.45, 7) is 2.19. The van der Waals surface area contributed by atoms with E-state index in [0.717, 1.165) is 17.3 Å². The third-order valence-corrected chi connectivity index (χ3v) is 2.40. The molecule has 0 rings (SSSR count). The van der Waals surface area contributed by atoms with Crippen molar-refractivity contribution in [1.29, 1.82) is 0 Å². The molecule has 0 saturated heterocycles. The van der Waals surface area contributed by atoms with Gasteiger partial charge >= 0.3 is 0 Å². The molecule has 0 fully saturated rings. The zero-order valence-corrected chi connectivity index (χ0v) is 12.6. The lowest BCUT2D eigenvalue weighted by molar-refractivity contribution is -0.849. The predicted octanol–water partition coefficient (Wildman–Crippen LogP) is 2.33. The monoisotopic (exact) mass is 251 g/mol. The van der Waals surface area contributed by atoms with Crippen LogP contribution in [0.1, 0.15) is 45.4 Å². The lowest BCUT2D eigenvalue weighted by Crippen LogP contribution is -2.27. The number of rotatable bonds is 7. The fourth-order valence-electron chi connectivity index (χ4n) is 1.03. The topological polar surface area (TPSA) is 43.3 Å². The average Bonchev–Trinajstić information content (AvgIpc) is 2.08. The van der Waals surface area contributed by atoms with Crippen LogP contribution in [-0.2, 0) is 0 Å². The zero-order chi connectivity index (χ0) is 13.0. The largest absolute Gasteiger partial charge is 0.808 e. The molecule has 4 heteroatoms. The van der Waals surface area contributed by atoms with Crippen LogP contribution in [0.2, 0.25) is 0 Å². The molecular formula is C12H30NO2P. The molecule has 0 aliphatic heterocycles. The van der Waals surface area contributed by atoms with E-state index >= 15 is 0 Å². The number of hydrogen-bond donors (Lipinski definition) is 1. The zero-order valence-electron chi connectivity index (χ0n) is 11.7. The Labute approximate surface area is 103 Å². The molecule has 0 aromatic carbocycles. The molecular weight excluding hydrogens is 221 g/mol. The second-order valence-electron chi connectivity index (χ2n) is 5.53. The molecule has 0 saturated carbocycles. The number of nitrogens with zero attached hydrogens (tertiary/aromatic N) is 1. The van der Waals surface area contributed by atoms with E-state index in [0.29, 0.717) is 6.16 Å². The van der Waals surface area contributed by atoms with E-state index in [1.807, 2.05) is 0 Å². The van der Waals surface area contributed by atoms with Crippen LogP contribution in [0, 0.1) is 0 Å². The molecule has 0 spiro atoms. The van der Waals surface area contributed by atoms with Crippen LogP contribution in [0.5, 0.6) is 0 Å². The van der Waals surface area contributed by atoms with Crippen LogP contribution in [0.4, 0.5) is 0 Å². The maximum absolute atomic E-state index is 10.2. The molecule has 16 heavy (non-hydrogen) atoms. The summed E-state index contributed by atoms with van der Waals surface area (Å²) in [7, 11) is 6.63. The Balaban J connectivity index is 0. The Kier molecular flexibility index (Phi) is 13.8. The van der Waals surface area contributed by atoms with Crippen molar-refractivity contribution in [2.75, 3.05) is 34.4 Å². The van der Waals surface area contributed by atoms with E-state index in [-0.39, 0.29) is 0 Å². The van der Waals surface area contributed by atoms with Gasteiger partial charge in [0, 0.05) is 0 Å². The van der Waals surface area contributed by atoms with Gasteiger partial charge in [-0.05, 0) is 12.6 Å². The molecule has 0 bridgehead atoms. The molecule has 0 aliphatic carbocycles. The Bertz CT molecular complexity index is 129. The molecule has 0 radical (unpaired) electrons. The maximum atomic E-state index is 10.2.